The Balaban J connectivity index is 1.55. The van der Waals surface area contributed by atoms with Gasteiger partial charge >= 0.3 is 0 Å². The summed E-state index contributed by atoms with van der Waals surface area (Å²) in [4.78, 5) is 17.7. The Morgan fingerprint density at radius 3 is 2.29 bits per heavy atom. The molecule has 0 aliphatic carbocycles. The van der Waals surface area contributed by atoms with E-state index in [9.17, 15) is 4.79 Å². The summed E-state index contributed by atoms with van der Waals surface area (Å²) < 4.78 is 6.82. The van der Waals surface area contributed by atoms with E-state index >= 15 is 0 Å². The van der Waals surface area contributed by atoms with Crippen molar-refractivity contribution in [2.24, 2.45) is 0 Å². The van der Waals surface area contributed by atoms with Gasteiger partial charge in [-0.2, -0.15) is 0 Å². The average Bonchev–Trinajstić information content (AvgIpc) is 3.12. The van der Waals surface area contributed by atoms with Gasteiger partial charge in [-0.1, -0.05) is 70.9 Å². The molecular weight excluding hydrogens is 415 g/mol. The third-order valence-electron chi connectivity index (χ3n) is 4.62. The summed E-state index contributed by atoms with van der Waals surface area (Å²) in [6.45, 7) is 0. The Morgan fingerprint density at radius 1 is 0.964 bits per heavy atom. The van der Waals surface area contributed by atoms with Crippen LogP contribution in [0.15, 0.2) is 60.7 Å². The molecule has 138 valence electrons. The van der Waals surface area contributed by atoms with Gasteiger partial charge in [-0.15, -0.1) is 0 Å². The summed E-state index contributed by atoms with van der Waals surface area (Å²) in [5, 5.41) is 4.24. The zero-order valence-corrected chi connectivity index (χ0v) is 16.6. The van der Waals surface area contributed by atoms with Gasteiger partial charge in [0.25, 0.3) is 0 Å². The van der Waals surface area contributed by atoms with Gasteiger partial charge in [0.2, 0.25) is 5.91 Å². The molecule has 1 aliphatic rings. The maximum atomic E-state index is 13.3. The molecule has 1 amide bonds. The van der Waals surface area contributed by atoms with Crippen LogP contribution in [0.4, 0.5) is 5.13 Å². The lowest BCUT2D eigenvalue weighted by Gasteiger charge is -2.27. The average molecular weight is 427 g/mol. The Labute approximate surface area is 174 Å². The van der Waals surface area contributed by atoms with E-state index < -0.39 is 5.92 Å². The number of nitrogens with one attached hydrogen (secondary N) is 1. The predicted octanol–water partition coefficient (Wildman–Crippen LogP) is 6.48. The first-order valence-electron chi connectivity index (χ1n) is 8.53. The van der Waals surface area contributed by atoms with E-state index in [1.807, 2.05) is 54.6 Å². The van der Waals surface area contributed by atoms with Crippen molar-refractivity contribution in [2.75, 3.05) is 5.32 Å². The van der Waals surface area contributed by atoms with Crippen LogP contribution in [0.5, 0.6) is 11.5 Å². The van der Waals surface area contributed by atoms with Crippen molar-refractivity contribution in [3.05, 3.63) is 81.8 Å². The van der Waals surface area contributed by atoms with Crippen LogP contribution >= 0.6 is 34.5 Å². The number of halogens is 2. The van der Waals surface area contributed by atoms with E-state index in [4.69, 9.17) is 27.9 Å². The highest BCUT2D eigenvalue weighted by atomic mass is 35.5. The minimum Gasteiger partial charge on any atom is -0.457 e. The number of hydrogen-bond acceptors (Lipinski definition) is 4. The number of aromatic nitrogens is 1. The number of carbonyl (C=O) groups is 1. The summed E-state index contributed by atoms with van der Waals surface area (Å²) in [5.41, 5.74) is 2.23. The van der Waals surface area contributed by atoms with Crippen molar-refractivity contribution in [3.63, 3.8) is 0 Å². The van der Waals surface area contributed by atoms with Crippen molar-refractivity contribution in [2.45, 2.75) is 5.92 Å². The highest BCUT2D eigenvalue weighted by Crippen LogP contribution is 2.44. The number of para-hydroxylation sites is 2. The Morgan fingerprint density at radius 2 is 1.61 bits per heavy atom. The smallest absolute Gasteiger partial charge is 0.238 e. The Hall–Kier alpha value is -2.60. The van der Waals surface area contributed by atoms with Gasteiger partial charge in [0.1, 0.15) is 17.0 Å². The van der Waals surface area contributed by atoms with Crippen molar-refractivity contribution in [1.82, 2.24) is 4.98 Å². The van der Waals surface area contributed by atoms with Crippen LogP contribution in [-0.2, 0) is 4.79 Å². The zero-order chi connectivity index (χ0) is 19.3. The molecule has 3 aromatic carbocycles. The molecule has 0 saturated heterocycles. The molecule has 0 atom stereocenters. The second kappa shape index (κ2) is 6.78. The van der Waals surface area contributed by atoms with E-state index in [1.165, 1.54) is 11.3 Å². The van der Waals surface area contributed by atoms with Crippen LogP contribution in [-0.4, -0.2) is 10.9 Å². The van der Waals surface area contributed by atoms with Crippen molar-refractivity contribution >= 4 is 55.8 Å². The van der Waals surface area contributed by atoms with Gasteiger partial charge in [0, 0.05) is 11.1 Å². The lowest BCUT2D eigenvalue weighted by Crippen LogP contribution is -2.24. The number of ether oxygens (including phenoxy) is 1. The molecule has 5 rings (SSSR count). The predicted molar refractivity (Wildman–Crippen MR) is 113 cm³/mol. The molecule has 0 fully saturated rings. The molecule has 0 spiro atoms. The normalized spacial score (nSPS) is 12.9. The Kier molecular flexibility index (Phi) is 4.23. The molecule has 0 bridgehead atoms. The highest BCUT2D eigenvalue weighted by molar-refractivity contribution is 7.22. The lowest BCUT2D eigenvalue weighted by molar-refractivity contribution is -0.116. The maximum absolute atomic E-state index is 13.3. The van der Waals surface area contributed by atoms with Gasteiger partial charge in [-0.25, -0.2) is 4.98 Å². The quantitative estimate of drug-likeness (QED) is 0.398. The number of benzene rings is 3. The van der Waals surface area contributed by atoms with Crippen LogP contribution in [0.25, 0.3) is 10.2 Å². The molecule has 0 saturated carbocycles. The van der Waals surface area contributed by atoms with Crippen LogP contribution in [0.1, 0.15) is 17.0 Å². The van der Waals surface area contributed by atoms with Crippen LogP contribution in [0, 0.1) is 0 Å². The van der Waals surface area contributed by atoms with E-state index in [0.29, 0.717) is 32.2 Å². The number of amides is 1. The minimum absolute atomic E-state index is 0.176. The number of carbonyl (C=O) groups excluding carboxylic acids is 1. The largest absolute Gasteiger partial charge is 0.457 e. The van der Waals surface area contributed by atoms with Crippen molar-refractivity contribution < 1.29 is 9.53 Å². The van der Waals surface area contributed by atoms with Gasteiger partial charge in [0.05, 0.1) is 20.7 Å². The van der Waals surface area contributed by atoms with Crippen LogP contribution in [0.2, 0.25) is 10.0 Å². The second-order valence-corrected chi connectivity index (χ2v) is 8.14. The third kappa shape index (κ3) is 2.83. The second-order valence-electron chi connectivity index (χ2n) is 6.33. The fraction of sp³-hybridized carbons (Fsp3) is 0.0476. The summed E-state index contributed by atoms with van der Waals surface area (Å²) in [7, 11) is 0. The highest BCUT2D eigenvalue weighted by Gasteiger charge is 2.32. The molecule has 28 heavy (non-hydrogen) atoms. The number of thiazole rings is 1. The number of rotatable bonds is 2. The first-order chi connectivity index (χ1) is 13.6. The monoisotopic (exact) mass is 426 g/mol. The maximum Gasteiger partial charge on any atom is 0.238 e. The first kappa shape index (κ1) is 17.5. The molecule has 4 nitrogen and oxygen atoms in total. The summed E-state index contributed by atoms with van der Waals surface area (Å²) in [6, 6.07) is 18.7. The number of anilines is 1. The van der Waals surface area contributed by atoms with E-state index in [0.717, 1.165) is 15.8 Å². The fourth-order valence-corrected chi connectivity index (χ4v) is 4.65. The molecular formula is C21H12Cl2N2O2S. The SMILES string of the molecule is O=C(Nc1nc2c(Cl)c(Cl)ccc2s1)C1c2ccccc2Oc2ccccc21. The standard InChI is InChI=1S/C21H12Cl2N2O2S/c22-13-9-10-16-19(18(13)23)24-21(28-16)25-20(26)17-11-5-1-3-7-14(11)27-15-8-4-2-6-12(15)17/h1-10,17H,(H,24,25,26). The van der Waals surface area contributed by atoms with E-state index in [2.05, 4.69) is 10.3 Å². The number of nitrogens with zero attached hydrogens (tertiary/aromatic N) is 1. The minimum atomic E-state index is -0.493. The van der Waals surface area contributed by atoms with E-state index in [-0.39, 0.29) is 5.91 Å². The molecule has 1 aromatic heterocycles. The van der Waals surface area contributed by atoms with Crippen LogP contribution in [0.3, 0.4) is 0 Å². The van der Waals surface area contributed by atoms with Gasteiger partial charge in [-0.05, 0) is 24.3 Å². The van der Waals surface area contributed by atoms with Crippen molar-refractivity contribution in [1.29, 1.82) is 0 Å². The third-order valence-corrected chi connectivity index (χ3v) is 6.35. The zero-order valence-electron chi connectivity index (χ0n) is 14.3. The fourth-order valence-electron chi connectivity index (χ4n) is 3.36. The Bertz CT molecular complexity index is 1190. The van der Waals surface area contributed by atoms with Gasteiger partial charge < -0.3 is 10.1 Å². The van der Waals surface area contributed by atoms with Crippen LogP contribution < -0.4 is 10.1 Å². The molecule has 2 heterocycles. The van der Waals surface area contributed by atoms with Gasteiger partial charge in [-0.3, -0.25) is 4.79 Å². The van der Waals surface area contributed by atoms with Gasteiger partial charge in [0.15, 0.2) is 5.13 Å². The summed E-state index contributed by atoms with van der Waals surface area (Å²) >= 11 is 13.7. The molecule has 7 heteroatoms. The summed E-state index contributed by atoms with van der Waals surface area (Å²) in [5.74, 6) is 0.692. The molecule has 1 aliphatic heterocycles. The number of hydrogen-bond donors (Lipinski definition) is 1. The molecule has 4 aromatic rings. The first-order valence-corrected chi connectivity index (χ1v) is 10.1. The van der Waals surface area contributed by atoms with E-state index in [1.54, 1.807) is 6.07 Å². The molecule has 0 radical (unpaired) electrons. The topological polar surface area (TPSA) is 51.2 Å². The number of fused-ring (bicyclic) bond motifs is 3. The lowest BCUT2D eigenvalue weighted by atomic mass is 9.87. The molecule has 1 N–H and O–H groups in total. The summed E-state index contributed by atoms with van der Waals surface area (Å²) in [6.07, 6.45) is 0. The van der Waals surface area contributed by atoms with Crippen molar-refractivity contribution in [3.8, 4) is 11.5 Å². The molecule has 0 unspecified atom stereocenters.